The Balaban J connectivity index is 1.90. The van der Waals surface area contributed by atoms with E-state index in [0.29, 0.717) is 10.7 Å². The third kappa shape index (κ3) is 4.73. The summed E-state index contributed by atoms with van der Waals surface area (Å²) in [6, 6.07) is 12.9. The predicted octanol–water partition coefficient (Wildman–Crippen LogP) is 7.22. The average Bonchev–Trinajstić information content (AvgIpc) is 3.12. The lowest BCUT2D eigenvalue weighted by molar-refractivity contribution is -0.136. The zero-order valence-corrected chi connectivity index (χ0v) is 17.0. The third-order valence-corrected chi connectivity index (χ3v) is 5.24. The van der Waals surface area contributed by atoms with Crippen LogP contribution in [0.4, 0.5) is 18.9 Å². The average molecular weight is 485 g/mol. The molecular weight excluding hydrogens is 475 g/mol. The van der Waals surface area contributed by atoms with E-state index in [9.17, 15) is 18.4 Å². The number of aromatic nitrogens is 1. The van der Waals surface area contributed by atoms with Crippen LogP contribution in [0, 0.1) is 11.3 Å². The molecule has 0 saturated carbocycles. The van der Waals surface area contributed by atoms with E-state index in [-0.39, 0.29) is 16.3 Å². The summed E-state index contributed by atoms with van der Waals surface area (Å²) < 4.78 is 40.4. The third-order valence-electron chi connectivity index (χ3n) is 3.63. The molecule has 3 nitrogen and oxygen atoms in total. The number of hydrogen-bond donors (Lipinski definition) is 1. The summed E-state index contributed by atoms with van der Waals surface area (Å²) in [4.78, 5) is 4.41. The Bertz CT molecular complexity index is 1090. The fourth-order valence-electron chi connectivity index (χ4n) is 2.35. The SMILES string of the molecule is N#C/C(=C/Nc1ccc(Cl)cc1C(F)(F)F)c1nc(-c2cccc(Br)c2)cs1. The number of nitrogens with one attached hydrogen (secondary N) is 1. The van der Waals surface area contributed by atoms with Crippen LogP contribution in [-0.4, -0.2) is 4.98 Å². The van der Waals surface area contributed by atoms with Gasteiger partial charge in [0.1, 0.15) is 16.6 Å². The number of nitriles is 1. The van der Waals surface area contributed by atoms with Crippen molar-refractivity contribution in [3.05, 3.63) is 74.1 Å². The molecule has 2 aromatic carbocycles. The van der Waals surface area contributed by atoms with Gasteiger partial charge in [-0.1, -0.05) is 39.7 Å². The normalized spacial score (nSPS) is 11.9. The first-order valence-electron chi connectivity index (χ1n) is 7.73. The van der Waals surface area contributed by atoms with Crippen molar-refractivity contribution in [2.24, 2.45) is 0 Å². The van der Waals surface area contributed by atoms with E-state index < -0.39 is 11.7 Å². The zero-order chi connectivity index (χ0) is 20.3. The van der Waals surface area contributed by atoms with Gasteiger partial charge in [-0.15, -0.1) is 11.3 Å². The highest BCUT2D eigenvalue weighted by molar-refractivity contribution is 9.10. The zero-order valence-electron chi connectivity index (χ0n) is 13.9. The van der Waals surface area contributed by atoms with Crippen molar-refractivity contribution in [1.29, 1.82) is 5.26 Å². The van der Waals surface area contributed by atoms with Crippen LogP contribution < -0.4 is 5.32 Å². The maximum atomic E-state index is 13.2. The van der Waals surface area contributed by atoms with E-state index in [2.05, 4.69) is 26.2 Å². The minimum absolute atomic E-state index is 0.0269. The second-order valence-electron chi connectivity index (χ2n) is 5.55. The van der Waals surface area contributed by atoms with E-state index in [1.165, 1.54) is 29.7 Å². The first-order chi connectivity index (χ1) is 13.3. The number of allylic oxidation sites excluding steroid dienone is 1. The van der Waals surface area contributed by atoms with Crippen molar-refractivity contribution in [3.63, 3.8) is 0 Å². The molecule has 0 aliphatic carbocycles. The van der Waals surface area contributed by atoms with Gasteiger partial charge in [0.2, 0.25) is 0 Å². The van der Waals surface area contributed by atoms with Crippen molar-refractivity contribution >= 4 is 50.1 Å². The molecule has 1 N–H and O–H groups in total. The molecule has 0 saturated heterocycles. The number of thiazole rings is 1. The summed E-state index contributed by atoms with van der Waals surface area (Å²) in [7, 11) is 0. The van der Waals surface area contributed by atoms with Crippen molar-refractivity contribution in [1.82, 2.24) is 4.98 Å². The predicted molar refractivity (Wildman–Crippen MR) is 109 cm³/mol. The monoisotopic (exact) mass is 483 g/mol. The first-order valence-corrected chi connectivity index (χ1v) is 9.78. The summed E-state index contributed by atoms with van der Waals surface area (Å²) in [6.07, 6.45) is -3.37. The first kappa shape index (κ1) is 20.4. The molecule has 0 bridgehead atoms. The molecule has 0 amide bonds. The molecule has 0 aliphatic heterocycles. The number of hydrogen-bond acceptors (Lipinski definition) is 4. The quantitative estimate of drug-likeness (QED) is 0.398. The Hall–Kier alpha value is -2.34. The van der Waals surface area contributed by atoms with Gasteiger partial charge in [0.25, 0.3) is 0 Å². The van der Waals surface area contributed by atoms with Gasteiger partial charge in [-0.3, -0.25) is 0 Å². The highest BCUT2D eigenvalue weighted by Crippen LogP contribution is 2.37. The van der Waals surface area contributed by atoms with Gasteiger partial charge in [-0.2, -0.15) is 18.4 Å². The van der Waals surface area contributed by atoms with E-state index in [1.54, 1.807) is 5.38 Å². The minimum Gasteiger partial charge on any atom is -0.360 e. The van der Waals surface area contributed by atoms with Gasteiger partial charge in [0, 0.05) is 26.6 Å². The molecule has 3 aromatic rings. The lowest BCUT2D eigenvalue weighted by Crippen LogP contribution is -2.08. The number of alkyl halides is 3. The number of rotatable bonds is 4. The van der Waals surface area contributed by atoms with Crippen molar-refractivity contribution in [3.8, 4) is 17.3 Å². The molecule has 0 spiro atoms. The van der Waals surface area contributed by atoms with Crippen LogP contribution in [0.2, 0.25) is 5.02 Å². The van der Waals surface area contributed by atoms with Gasteiger partial charge in [-0.25, -0.2) is 4.98 Å². The molecule has 0 fully saturated rings. The minimum atomic E-state index is -4.58. The van der Waals surface area contributed by atoms with E-state index in [0.717, 1.165) is 16.1 Å². The molecule has 3 rings (SSSR count). The molecular formula is C19H10BrClF3N3S. The van der Waals surface area contributed by atoms with Gasteiger partial charge >= 0.3 is 6.18 Å². The van der Waals surface area contributed by atoms with Crippen LogP contribution in [0.15, 0.2) is 58.5 Å². The number of benzene rings is 2. The summed E-state index contributed by atoms with van der Waals surface area (Å²) in [5.41, 5.74) is 0.536. The summed E-state index contributed by atoms with van der Waals surface area (Å²) in [5, 5.41) is 14.1. The molecule has 0 unspecified atom stereocenters. The van der Waals surface area contributed by atoms with Gasteiger partial charge in [0.05, 0.1) is 16.9 Å². The Morgan fingerprint density at radius 1 is 1.25 bits per heavy atom. The molecule has 28 heavy (non-hydrogen) atoms. The molecule has 1 heterocycles. The number of nitrogens with zero attached hydrogens (tertiary/aromatic N) is 2. The number of anilines is 1. The maximum absolute atomic E-state index is 13.2. The molecule has 0 aliphatic rings. The van der Waals surface area contributed by atoms with E-state index in [4.69, 9.17) is 11.6 Å². The van der Waals surface area contributed by atoms with Crippen molar-refractivity contribution in [2.45, 2.75) is 6.18 Å². The second kappa shape index (κ2) is 8.35. The lowest BCUT2D eigenvalue weighted by atomic mass is 10.1. The summed E-state index contributed by atoms with van der Waals surface area (Å²) in [6.45, 7) is 0. The summed E-state index contributed by atoms with van der Waals surface area (Å²) >= 11 is 10.3. The van der Waals surface area contributed by atoms with Crippen LogP contribution >= 0.6 is 38.9 Å². The smallest absolute Gasteiger partial charge is 0.360 e. The van der Waals surface area contributed by atoms with Gasteiger partial charge in [-0.05, 0) is 30.3 Å². The molecule has 0 atom stereocenters. The van der Waals surface area contributed by atoms with Gasteiger partial charge in [0.15, 0.2) is 0 Å². The topological polar surface area (TPSA) is 48.7 Å². The Morgan fingerprint density at radius 2 is 2.04 bits per heavy atom. The number of halogens is 5. The van der Waals surface area contributed by atoms with Crippen LogP contribution in [0.5, 0.6) is 0 Å². The van der Waals surface area contributed by atoms with Gasteiger partial charge < -0.3 is 5.32 Å². The summed E-state index contributed by atoms with van der Waals surface area (Å²) in [5.74, 6) is 0. The Morgan fingerprint density at radius 3 is 2.71 bits per heavy atom. The lowest BCUT2D eigenvalue weighted by Gasteiger charge is -2.13. The Labute approximate surface area is 176 Å². The Kier molecular flexibility index (Phi) is 6.08. The van der Waals surface area contributed by atoms with Crippen LogP contribution in [0.25, 0.3) is 16.8 Å². The fraction of sp³-hybridized carbons (Fsp3) is 0.0526. The maximum Gasteiger partial charge on any atom is 0.418 e. The van der Waals surface area contributed by atoms with E-state index >= 15 is 0 Å². The van der Waals surface area contributed by atoms with Crippen molar-refractivity contribution in [2.75, 3.05) is 5.32 Å². The largest absolute Gasteiger partial charge is 0.418 e. The standard InChI is InChI=1S/C19H10BrClF3N3S/c20-13-3-1-2-11(6-13)17-10-28-18(27-17)12(8-25)9-26-16-5-4-14(21)7-15(16)19(22,23)24/h1-7,9-10,26H/b12-9-. The highest BCUT2D eigenvalue weighted by atomic mass is 79.9. The van der Waals surface area contributed by atoms with Crippen LogP contribution in [0.3, 0.4) is 0 Å². The molecule has 9 heteroatoms. The van der Waals surface area contributed by atoms with Crippen molar-refractivity contribution < 1.29 is 13.2 Å². The van der Waals surface area contributed by atoms with Crippen LogP contribution in [0.1, 0.15) is 10.6 Å². The fourth-order valence-corrected chi connectivity index (χ4v) is 3.71. The molecule has 1 aromatic heterocycles. The van der Waals surface area contributed by atoms with E-state index in [1.807, 2.05) is 30.3 Å². The van der Waals surface area contributed by atoms with Crippen LogP contribution in [-0.2, 0) is 6.18 Å². The molecule has 0 radical (unpaired) electrons. The highest BCUT2D eigenvalue weighted by Gasteiger charge is 2.33. The second-order valence-corrected chi connectivity index (χ2v) is 7.76. The molecule has 142 valence electrons.